The maximum absolute atomic E-state index is 12.3. The molecule has 0 spiro atoms. The van der Waals surface area contributed by atoms with Gasteiger partial charge in [-0.15, -0.1) is 0 Å². The van der Waals surface area contributed by atoms with Crippen LogP contribution in [0, 0.1) is 5.92 Å². The first-order valence-electron chi connectivity index (χ1n) is 6.15. The second kappa shape index (κ2) is 6.58. The number of piperidine rings is 1. The molecule has 110 valence electrons. The fourth-order valence-corrected chi connectivity index (χ4v) is 2.38. The quantitative estimate of drug-likeness (QED) is 0.573. The molecule has 1 amide bonds. The van der Waals surface area contributed by atoms with E-state index in [1.807, 2.05) is 0 Å². The zero-order chi connectivity index (χ0) is 14.6. The van der Waals surface area contributed by atoms with E-state index in [1.165, 1.54) is 19.1 Å². The minimum atomic E-state index is -1.000. The predicted octanol–water partition coefficient (Wildman–Crippen LogP) is 0.617. The van der Waals surface area contributed by atoms with Gasteiger partial charge in [-0.05, 0) is 6.42 Å². The third-order valence-corrected chi connectivity index (χ3v) is 4.14. The summed E-state index contributed by atoms with van der Waals surface area (Å²) >= 11 is 4.09. The van der Waals surface area contributed by atoms with E-state index in [9.17, 15) is 14.7 Å². The Morgan fingerprint density at radius 3 is 2.47 bits per heavy atom. The Bertz CT molecular complexity index is 345. The predicted molar refractivity (Wildman–Crippen MR) is 72.1 cm³/mol. The Balaban J connectivity index is 2.97. The highest BCUT2D eigenvalue weighted by Crippen LogP contribution is 2.30. The number of carbonyl (C=O) groups is 2. The maximum Gasteiger partial charge on any atom is 0.326 e. The summed E-state index contributed by atoms with van der Waals surface area (Å²) in [5, 5.41) is 9.23. The van der Waals surface area contributed by atoms with Gasteiger partial charge in [0.2, 0.25) is 5.91 Å². The number of ether oxygens (including phenoxy) is 2. The normalized spacial score (nSPS) is 24.0. The number of methoxy groups -OCH3 is 2. The van der Waals surface area contributed by atoms with Gasteiger partial charge in [0.25, 0.3) is 0 Å². The topological polar surface area (TPSA) is 76.1 Å². The van der Waals surface area contributed by atoms with Crippen molar-refractivity contribution >= 4 is 24.5 Å². The molecule has 1 aliphatic rings. The molecule has 7 heteroatoms. The van der Waals surface area contributed by atoms with Gasteiger partial charge in [-0.1, -0.05) is 6.92 Å². The number of carboxylic acid groups (broad SMARTS) is 1. The lowest BCUT2D eigenvalue weighted by atomic mass is 9.95. The second-order valence-corrected chi connectivity index (χ2v) is 5.13. The number of hydrogen-bond acceptors (Lipinski definition) is 5. The van der Waals surface area contributed by atoms with Crippen molar-refractivity contribution < 1.29 is 24.2 Å². The van der Waals surface area contributed by atoms with Crippen LogP contribution in [0.4, 0.5) is 0 Å². The van der Waals surface area contributed by atoms with Crippen molar-refractivity contribution in [2.45, 2.75) is 31.6 Å². The Kier molecular flexibility index (Phi) is 5.64. The number of carboxylic acids is 1. The van der Waals surface area contributed by atoms with Crippen LogP contribution in [0.25, 0.3) is 0 Å². The highest BCUT2D eigenvalue weighted by atomic mass is 32.1. The van der Waals surface area contributed by atoms with Crippen molar-refractivity contribution in [1.29, 1.82) is 0 Å². The number of thiol groups is 1. The summed E-state index contributed by atoms with van der Waals surface area (Å²) in [5.74, 6) is -2.12. The molecule has 6 nitrogen and oxygen atoms in total. The Morgan fingerprint density at radius 2 is 2.05 bits per heavy atom. The zero-order valence-electron chi connectivity index (χ0n) is 11.5. The first-order valence-corrected chi connectivity index (χ1v) is 6.78. The van der Waals surface area contributed by atoms with Crippen molar-refractivity contribution in [3.63, 3.8) is 0 Å². The molecule has 0 aromatic heterocycles. The van der Waals surface area contributed by atoms with Gasteiger partial charge in [-0.3, -0.25) is 4.79 Å². The van der Waals surface area contributed by atoms with E-state index in [-0.39, 0.29) is 18.4 Å². The standard InChI is InChI=1S/C12H21NO5S/c1-8(6-19)10(14)13-7-12(17-2,18-3)5-4-9(13)11(15)16/h8-9,19H,4-7H2,1-3H3,(H,15,16)/t8?,9-/m0/s1. The lowest BCUT2D eigenvalue weighted by Gasteiger charge is -2.44. The van der Waals surface area contributed by atoms with Gasteiger partial charge in [0.1, 0.15) is 6.04 Å². The molecule has 0 radical (unpaired) electrons. The molecular weight excluding hydrogens is 270 g/mol. The van der Waals surface area contributed by atoms with E-state index < -0.39 is 17.8 Å². The summed E-state index contributed by atoms with van der Waals surface area (Å²) in [4.78, 5) is 24.9. The fraction of sp³-hybridized carbons (Fsp3) is 0.833. The number of carbonyl (C=O) groups excluding carboxylic acids is 1. The number of rotatable bonds is 5. The fourth-order valence-electron chi connectivity index (χ4n) is 2.23. The van der Waals surface area contributed by atoms with Crippen LogP contribution in [-0.2, 0) is 19.1 Å². The van der Waals surface area contributed by atoms with Crippen LogP contribution in [0.2, 0.25) is 0 Å². The third kappa shape index (κ3) is 3.40. The van der Waals surface area contributed by atoms with Crippen LogP contribution in [0.3, 0.4) is 0 Å². The molecule has 1 aliphatic heterocycles. The van der Waals surface area contributed by atoms with E-state index in [1.54, 1.807) is 6.92 Å². The van der Waals surface area contributed by atoms with Crippen LogP contribution in [0.1, 0.15) is 19.8 Å². The average Bonchev–Trinajstić information content (AvgIpc) is 2.44. The maximum atomic E-state index is 12.3. The Morgan fingerprint density at radius 1 is 1.47 bits per heavy atom. The molecule has 1 heterocycles. The van der Waals surface area contributed by atoms with Gasteiger partial charge < -0.3 is 19.5 Å². The van der Waals surface area contributed by atoms with E-state index in [2.05, 4.69) is 12.6 Å². The first-order chi connectivity index (χ1) is 8.90. The van der Waals surface area contributed by atoms with Gasteiger partial charge in [0, 0.05) is 32.3 Å². The molecule has 0 bridgehead atoms. The summed E-state index contributed by atoms with van der Waals surface area (Å²) in [6.45, 7) is 1.85. The lowest BCUT2D eigenvalue weighted by Crippen LogP contribution is -2.59. The highest BCUT2D eigenvalue weighted by Gasteiger charge is 2.45. The highest BCUT2D eigenvalue weighted by molar-refractivity contribution is 7.80. The van der Waals surface area contributed by atoms with Crippen molar-refractivity contribution in [2.24, 2.45) is 5.92 Å². The number of likely N-dealkylation sites (tertiary alicyclic amines) is 1. The van der Waals surface area contributed by atoms with Gasteiger partial charge in [0.15, 0.2) is 5.79 Å². The summed E-state index contributed by atoms with van der Waals surface area (Å²) in [7, 11) is 2.99. The van der Waals surface area contributed by atoms with Crippen LogP contribution in [0.15, 0.2) is 0 Å². The monoisotopic (exact) mass is 291 g/mol. The minimum absolute atomic E-state index is 0.119. The summed E-state index contributed by atoms with van der Waals surface area (Å²) in [6, 6.07) is -0.826. The van der Waals surface area contributed by atoms with Crippen molar-refractivity contribution in [3.8, 4) is 0 Å². The van der Waals surface area contributed by atoms with Gasteiger partial charge in [0.05, 0.1) is 6.54 Å². The Hall–Kier alpha value is -0.790. The molecule has 0 aromatic carbocycles. The van der Waals surface area contributed by atoms with Crippen molar-refractivity contribution in [2.75, 3.05) is 26.5 Å². The van der Waals surface area contributed by atoms with Crippen LogP contribution >= 0.6 is 12.6 Å². The molecule has 0 saturated carbocycles. The lowest BCUT2D eigenvalue weighted by molar-refractivity contribution is -0.239. The van der Waals surface area contributed by atoms with E-state index >= 15 is 0 Å². The minimum Gasteiger partial charge on any atom is -0.480 e. The Labute approximate surface area is 118 Å². The largest absolute Gasteiger partial charge is 0.480 e. The first kappa shape index (κ1) is 16.3. The number of hydrogen-bond donors (Lipinski definition) is 2. The molecular formula is C12H21NO5S. The molecule has 1 unspecified atom stereocenters. The molecule has 1 rings (SSSR count). The van der Waals surface area contributed by atoms with Crippen molar-refractivity contribution in [1.82, 2.24) is 4.90 Å². The average molecular weight is 291 g/mol. The van der Waals surface area contributed by atoms with Crippen molar-refractivity contribution in [3.05, 3.63) is 0 Å². The van der Waals surface area contributed by atoms with E-state index in [0.29, 0.717) is 18.6 Å². The van der Waals surface area contributed by atoms with Gasteiger partial charge in [-0.25, -0.2) is 4.79 Å². The SMILES string of the molecule is COC1(OC)CC[C@@H](C(=O)O)N(C(=O)C(C)CS)C1. The summed E-state index contributed by atoms with van der Waals surface area (Å²) in [5.41, 5.74) is 0. The number of amides is 1. The van der Waals surface area contributed by atoms with Gasteiger partial charge in [-0.2, -0.15) is 12.6 Å². The molecule has 19 heavy (non-hydrogen) atoms. The molecule has 2 atom stereocenters. The summed E-state index contributed by atoms with van der Waals surface area (Å²) in [6.07, 6.45) is 0.748. The third-order valence-electron chi connectivity index (χ3n) is 3.59. The molecule has 0 aromatic rings. The molecule has 1 fully saturated rings. The molecule has 1 N–H and O–H groups in total. The second-order valence-electron chi connectivity index (χ2n) is 4.76. The smallest absolute Gasteiger partial charge is 0.326 e. The molecule has 1 saturated heterocycles. The molecule has 0 aliphatic carbocycles. The van der Waals surface area contributed by atoms with E-state index in [0.717, 1.165) is 0 Å². The van der Waals surface area contributed by atoms with Crippen LogP contribution < -0.4 is 0 Å². The number of aliphatic carboxylic acids is 1. The van der Waals surface area contributed by atoms with Crippen LogP contribution in [-0.4, -0.2) is 60.2 Å². The van der Waals surface area contributed by atoms with Gasteiger partial charge >= 0.3 is 5.97 Å². The van der Waals surface area contributed by atoms with E-state index in [4.69, 9.17) is 9.47 Å². The zero-order valence-corrected chi connectivity index (χ0v) is 12.4. The number of nitrogens with zero attached hydrogens (tertiary/aromatic N) is 1. The summed E-state index contributed by atoms with van der Waals surface area (Å²) < 4.78 is 10.6. The van der Waals surface area contributed by atoms with Crippen LogP contribution in [0.5, 0.6) is 0 Å².